The first-order valence-electron chi connectivity index (χ1n) is 6.53. The van der Waals surface area contributed by atoms with Crippen LogP contribution in [0.5, 0.6) is 5.75 Å². The fourth-order valence-electron chi connectivity index (χ4n) is 1.85. The zero-order chi connectivity index (χ0) is 15.2. The van der Waals surface area contributed by atoms with Crippen LogP contribution in [0.25, 0.3) is 5.69 Å². The summed E-state index contributed by atoms with van der Waals surface area (Å²) in [4.78, 5) is 11.8. The summed E-state index contributed by atoms with van der Waals surface area (Å²) in [5.41, 5.74) is 1.34. The average molecular weight is 327 g/mol. The molecule has 0 bridgehead atoms. The van der Waals surface area contributed by atoms with E-state index in [1.165, 1.54) is 0 Å². The van der Waals surface area contributed by atoms with Gasteiger partial charge < -0.3 is 15.4 Å². The molecular weight excluding hydrogens is 308 g/mol. The van der Waals surface area contributed by atoms with Crippen molar-refractivity contribution in [3.05, 3.63) is 24.0 Å². The van der Waals surface area contributed by atoms with Gasteiger partial charge in [-0.25, -0.2) is 0 Å². The van der Waals surface area contributed by atoms with Gasteiger partial charge in [0.25, 0.3) is 0 Å². The molecule has 1 amide bonds. The SMILES string of the molecule is CNCCC(=O)Nc1ccc(OC)c(-n2nnnc2C)c1.Cl. The van der Waals surface area contributed by atoms with Gasteiger partial charge in [-0.2, -0.15) is 4.68 Å². The highest BCUT2D eigenvalue weighted by Gasteiger charge is 2.12. The van der Waals surface area contributed by atoms with E-state index < -0.39 is 0 Å². The van der Waals surface area contributed by atoms with Crippen LogP contribution < -0.4 is 15.4 Å². The highest BCUT2D eigenvalue weighted by molar-refractivity contribution is 5.91. The molecule has 1 aromatic heterocycles. The molecule has 1 aromatic carbocycles. The molecule has 0 radical (unpaired) electrons. The second kappa shape index (κ2) is 8.30. The van der Waals surface area contributed by atoms with Crippen LogP contribution in [-0.2, 0) is 4.79 Å². The smallest absolute Gasteiger partial charge is 0.225 e. The number of carbonyl (C=O) groups excluding carboxylic acids is 1. The summed E-state index contributed by atoms with van der Waals surface area (Å²) in [6.07, 6.45) is 0.405. The van der Waals surface area contributed by atoms with Gasteiger partial charge in [-0.1, -0.05) is 0 Å². The molecule has 2 N–H and O–H groups in total. The van der Waals surface area contributed by atoms with Gasteiger partial charge in [0.05, 0.1) is 7.11 Å². The molecule has 0 fully saturated rings. The van der Waals surface area contributed by atoms with Gasteiger partial charge in [-0.3, -0.25) is 4.79 Å². The van der Waals surface area contributed by atoms with E-state index in [4.69, 9.17) is 4.74 Å². The van der Waals surface area contributed by atoms with Gasteiger partial charge in [-0.15, -0.1) is 17.5 Å². The van der Waals surface area contributed by atoms with Crippen LogP contribution in [0.2, 0.25) is 0 Å². The highest BCUT2D eigenvalue weighted by Crippen LogP contribution is 2.26. The normalized spacial score (nSPS) is 9.95. The lowest BCUT2D eigenvalue weighted by Gasteiger charge is -2.11. The van der Waals surface area contributed by atoms with E-state index in [1.807, 2.05) is 0 Å². The van der Waals surface area contributed by atoms with Crippen molar-refractivity contribution >= 4 is 24.0 Å². The third kappa shape index (κ3) is 4.15. The predicted molar refractivity (Wildman–Crippen MR) is 84.9 cm³/mol. The number of nitrogens with one attached hydrogen (secondary N) is 2. The van der Waals surface area contributed by atoms with Crippen LogP contribution in [0, 0.1) is 6.92 Å². The van der Waals surface area contributed by atoms with Crippen molar-refractivity contribution in [3.8, 4) is 11.4 Å². The van der Waals surface area contributed by atoms with Crippen molar-refractivity contribution in [1.29, 1.82) is 0 Å². The standard InChI is InChI=1S/C13H18N6O2.ClH/c1-9-16-17-18-19(9)11-8-10(4-5-12(11)21-3)15-13(20)6-7-14-2;/h4-5,8,14H,6-7H2,1-3H3,(H,15,20);1H. The summed E-state index contributed by atoms with van der Waals surface area (Å²) in [5.74, 6) is 1.19. The lowest BCUT2D eigenvalue weighted by molar-refractivity contribution is -0.116. The number of benzene rings is 1. The van der Waals surface area contributed by atoms with Crippen LogP contribution in [0.15, 0.2) is 18.2 Å². The maximum atomic E-state index is 11.8. The summed E-state index contributed by atoms with van der Waals surface area (Å²) in [6, 6.07) is 5.32. The predicted octanol–water partition coefficient (Wildman–Crippen LogP) is 0.949. The number of hydrogen-bond donors (Lipinski definition) is 2. The Morgan fingerprint density at radius 3 is 2.77 bits per heavy atom. The highest BCUT2D eigenvalue weighted by atomic mass is 35.5. The van der Waals surface area contributed by atoms with E-state index >= 15 is 0 Å². The maximum absolute atomic E-state index is 11.8. The third-order valence-corrected chi connectivity index (χ3v) is 2.92. The molecule has 0 aliphatic carbocycles. The molecule has 0 atom stereocenters. The molecule has 2 aromatic rings. The number of amides is 1. The number of tetrazole rings is 1. The molecule has 0 unspecified atom stereocenters. The maximum Gasteiger partial charge on any atom is 0.225 e. The van der Waals surface area contributed by atoms with Crippen molar-refractivity contribution in [2.45, 2.75) is 13.3 Å². The van der Waals surface area contributed by atoms with E-state index in [0.717, 1.165) is 0 Å². The van der Waals surface area contributed by atoms with Crippen LogP contribution in [0.1, 0.15) is 12.2 Å². The number of ether oxygens (including phenoxy) is 1. The summed E-state index contributed by atoms with van der Waals surface area (Å²) < 4.78 is 6.87. The molecule has 120 valence electrons. The molecule has 1 heterocycles. The molecule has 0 aliphatic rings. The van der Waals surface area contributed by atoms with Crippen LogP contribution >= 0.6 is 12.4 Å². The number of hydrogen-bond acceptors (Lipinski definition) is 6. The summed E-state index contributed by atoms with van der Waals surface area (Å²) in [7, 11) is 3.38. The number of carbonyl (C=O) groups is 1. The first-order valence-corrected chi connectivity index (χ1v) is 6.53. The number of aryl methyl sites for hydroxylation is 1. The first-order chi connectivity index (χ1) is 10.2. The van der Waals surface area contributed by atoms with Crippen molar-refractivity contribution in [2.75, 3.05) is 26.0 Å². The Bertz CT molecular complexity index is 631. The molecule has 0 saturated carbocycles. The first kappa shape index (κ1) is 17.9. The van der Waals surface area contributed by atoms with Crippen LogP contribution in [-0.4, -0.2) is 46.8 Å². The largest absolute Gasteiger partial charge is 0.494 e. The van der Waals surface area contributed by atoms with Gasteiger partial charge in [0.15, 0.2) is 5.82 Å². The van der Waals surface area contributed by atoms with Crippen molar-refractivity contribution < 1.29 is 9.53 Å². The Balaban J connectivity index is 0.00000242. The van der Waals surface area contributed by atoms with Crippen molar-refractivity contribution in [2.24, 2.45) is 0 Å². The number of rotatable bonds is 6. The lowest BCUT2D eigenvalue weighted by Crippen LogP contribution is -2.18. The Kier molecular flexibility index (Phi) is 6.74. The second-order valence-electron chi connectivity index (χ2n) is 4.43. The number of methoxy groups -OCH3 is 1. The monoisotopic (exact) mass is 326 g/mol. The van der Waals surface area contributed by atoms with Crippen molar-refractivity contribution in [3.63, 3.8) is 0 Å². The minimum absolute atomic E-state index is 0. The molecule has 0 spiro atoms. The summed E-state index contributed by atoms with van der Waals surface area (Å²) >= 11 is 0. The van der Waals surface area contributed by atoms with Gasteiger partial charge in [-0.05, 0) is 42.6 Å². The molecule has 0 saturated heterocycles. The number of nitrogens with zero attached hydrogens (tertiary/aromatic N) is 4. The summed E-state index contributed by atoms with van der Waals surface area (Å²) in [6.45, 7) is 2.42. The molecule has 2 rings (SSSR count). The van der Waals surface area contributed by atoms with Gasteiger partial charge in [0.2, 0.25) is 5.91 Å². The topological polar surface area (TPSA) is 94.0 Å². The molecule has 8 nitrogen and oxygen atoms in total. The van der Waals surface area contributed by atoms with Crippen LogP contribution in [0.3, 0.4) is 0 Å². The molecule has 22 heavy (non-hydrogen) atoms. The minimum Gasteiger partial charge on any atom is -0.494 e. The minimum atomic E-state index is -0.0612. The second-order valence-corrected chi connectivity index (χ2v) is 4.43. The molecule has 9 heteroatoms. The Morgan fingerprint density at radius 2 is 2.18 bits per heavy atom. The van der Waals surface area contributed by atoms with E-state index in [0.29, 0.717) is 35.9 Å². The van der Waals surface area contributed by atoms with E-state index in [1.54, 1.807) is 44.0 Å². The quantitative estimate of drug-likeness (QED) is 0.821. The van der Waals surface area contributed by atoms with Gasteiger partial charge >= 0.3 is 0 Å². The van der Waals surface area contributed by atoms with E-state index in [2.05, 4.69) is 26.2 Å². The Hall–Kier alpha value is -2.19. The van der Waals surface area contributed by atoms with Crippen LogP contribution in [0.4, 0.5) is 5.69 Å². The van der Waals surface area contributed by atoms with Gasteiger partial charge in [0, 0.05) is 18.7 Å². The van der Waals surface area contributed by atoms with E-state index in [-0.39, 0.29) is 18.3 Å². The number of anilines is 1. The zero-order valence-electron chi connectivity index (χ0n) is 12.7. The zero-order valence-corrected chi connectivity index (χ0v) is 13.5. The molecule has 0 aliphatic heterocycles. The Morgan fingerprint density at radius 1 is 1.41 bits per heavy atom. The fourth-order valence-corrected chi connectivity index (χ4v) is 1.85. The number of halogens is 1. The lowest BCUT2D eigenvalue weighted by atomic mass is 10.2. The number of aromatic nitrogens is 4. The van der Waals surface area contributed by atoms with Crippen molar-refractivity contribution in [1.82, 2.24) is 25.5 Å². The van der Waals surface area contributed by atoms with Gasteiger partial charge in [0.1, 0.15) is 11.4 Å². The third-order valence-electron chi connectivity index (χ3n) is 2.92. The van der Waals surface area contributed by atoms with E-state index in [9.17, 15) is 4.79 Å². The Labute approximate surface area is 134 Å². The molecular formula is C13H19ClN6O2. The summed E-state index contributed by atoms with van der Waals surface area (Å²) in [5, 5.41) is 17.1. The fraction of sp³-hybridized carbons (Fsp3) is 0.385. The average Bonchev–Trinajstić information content (AvgIpc) is 2.91.